The van der Waals surface area contributed by atoms with E-state index in [9.17, 15) is 8.78 Å². The molecule has 6 heteroatoms. The summed E-state index contributed by atoms with van der Waals surface area (Å²) in [6, 6.07) is 4.36. The van der Waals surface area contributed by atoms with Crippen LogP contribution in [-0.2, 0) is 0 Å². The predicted molar refractivity (Wildman–Crippen MR) is 66.0 cm³/mol. The molecule has 0 saturated carbocycles. The number of aryl methyl sites for hydroxylation is 1. The Kier molecular flexibility index (Phi) is 3.36. The summed E-state index contributed by atoms with van der Waals surface area (Å²) in [5.41, 5.74) is 1.17. The van der Waals surface area contributed by atoms with Gasteiger partial charge in [0.15, 0.2) is 11.6 Å². The zero-order chi connectivity index (χ0) is 13.1. The van der Waals surface area contributed by atoms with Gasteiger partial charge in [-0.2, -0.15) is 4.98 Å². The highest BCUT2D eigenvalue weighted by Gasteiger charge is 2.07. The normalized spacial score (nSPS) is 10.2. The van der Waals surface area contributed by atoms with Gasteiger partial charge >= 0.3 is 0 Å². The second-order valence-electron chi connectivity index (χ2n) is 3.78. The second-order valence-corrected chi connectivity index (χ2v) is 3.78. The Hall–Kier alpha value is -2.24. The van der Waals surface area contributed by atoms with Gasteiger partial charge in [0.1, 0.15) is 5.82 Å². The van der Waals surface area contributed by atoms with Gasteiger partial charge in [0.2, 0.25) is 5.95 Å². The summed E-state index contributed by atoms with van der Waals surface area (Å²) in [5.74, 6) is -0.705. The van der Waals surface area contributed by atoms with E-state index in [-0.39, 0.29) is 17.6 Å². The standard InChI is InChI=1S/C12H12F2N4/c1-7-3-8(13)5-9(4-7)17-11-10(14)6-16-12(15-2)18-11/h3-6H,1-2H3,(H2,15,16,17,18). The SMILES string of the molecule is CNc1ncc(F)c(Nc2cc(C)cc(F)c2)n1. The number of nitrogens with zero attached hydrogens (tertiary/aromatic N) is 2. The molecule has 2 N–H and O–H groups in total. The summed E-state index contributed by atoms with van der Waals surface area (Å²) in [5, 5.41) is 5.42. The number of benzene rings is 1. The van der Waals surface area contributed by atoms with Gasteiger partial charge in [-0.15, -0.1) is 0 Å². The van der Waals surface area contributed by atoms with Crippen LogP contribution in [0.4, 0.5) is 26.2 Å². The monoisotopic (exact) mass is 250 g/mol. The average molecular weight is 250 g/mol. The molecule has 2 rings (SSSR count). The van der Waals surface area contributed by atoms with Crippen molar-refractivity contribution in [1.82, 2.24) is 9.97 Å². The van der Waals surface area contributed by atoms with Gasteiger partial charge in [0.05, 0.1) is 6.20 Å². The van der Waals surface area contributed by atoms with Gasteiger partial charge in [0, 0.05) is 12.7 Å². The van der Waals surface area contributed by atoms with E-state index in [1.165, 1.54) is 12.1 Å². The molecular formula is C12H12F2N4. The number of anilines is 3. The first kappa shape index (κ1) is 12.2. The number of nitrogens with one attached hydrogen (secondary N) is 2. The largest absolute Gasteiger partial charge is 0.357 e. The van der Waals surface area contributed by atoms with Crippen molar-refractivity contribution in [2.75, 3.05) is 17.7 Å². The topological polar surface area (TPSA) is 49.8 Å². The molecule has 4 nitrogen and oxygen atoms in total. The van der Waals surface area contributed by atoms with E-state index in [0.29, 0.717) is 5.69 Å². The first-order valence-corrected chi connectivity index (χ1v) is 5.33. The number of aromatic nitrogens is 2. The third-order valence-corrected chi connectivity index (χ3v) is 2.27. The minimum atomic E-state index is -0.601. The van der Waals surface area contributed by atoms with Crippen LogP contribution >= 0.6 is 0 Å². The van der Waals surface area contributed by atoms with Crippen molar-refractivity contribution in [3.63, 3.8) is 0 Å². The van der Waals surface area contributed by atoms with Crippen LogP contribution in [0.3, 0.4) is 0 Å². The molecule has 0 saturated heterocycles. The molecule has 0 fully saturated rings. The van der Waals surface area contributed by atoms with E-state index in [0.717, 1.165) is 11.8 Å². The Bertz CT molecular complexity index is 552. The number of hydrogen-bond donors (Lipinski definition) is 2. The molecule has 0 aliphatic rings. The van der Waals surface area contributed by atoms with E-state index < -0.39 is 5.82 Å². The fourth-order valence-corrected chi connectivity index (χ4v) is 1.52. The van der Waals surface area contributed by atoms with E-state index in [4.69, 9.17) is 0 Å². The zero-order valence-electron chi connectivity index (χ0n) is 9.96. The second kappa shape index (κ2) is 4.95. The van der Waals surface area contributed by atoms with Gasteiger partial charge in [-0.3, -0.25) is 0 Å². The fourth-order valence-electron chi connectivity index (χ4n) is 1.52. The van der Waals surface area contributed by atoms with Crippen LogP contribution in [0.25, 0.3) is 0 Å². The predicted octanol–water partition coefficient (Wildman–Crippen LogP) is 2.85. The van der Waals surface area contributed by atoms with Gasteiger partial charge in [-0.1, -0.05) is 0 Å². The summed E-state index contributed by atoms with van der Waals surface area (Å²) in [4.78, 5) is 7.64. The van der Waals surface area contributed by atoms with Crippen molar-refractivity contribution in [3.05, 3.63) is 41.6 Å². The van der Waals surface area contributed by atoms with Crippen LogP contribution in [0.2, 0.25) is 0 Å². The van der Waals surface area contributed by atoms with Crippen LogP contribution in [0.5, 0.6) is 0 Å². The summed E-state index contributed by atoms with van der Waals surface area (Å²) in [7, 11) is 1.63. The highest BCUT2D eigenvalue weighted by atomic mass is 19.1. The van der Waals surface area contributed by atoms with E-state index in [2.05, 4.69) is 20.6 Å². The average Bonchev–Trinajstić information content (AvgIpc) is 2.30. The van der Waals surface area contributed by atoms with Gasteiger partial charge in [-0.05, 0) is 30.7 Å². The van der Waals surface area contributed by atoms with Crippen molar-refractivity contribution in [3.8, 4) is 0 Å². The number of rotatable bonds is 3. The van der Waals surface area contributed by atoms with Crippen LogP contribution < -0.4 is 10.6 Å². The van der Waals surface area contributed by atoms with E-state index in [1.807, 2.05) is 0 Å². The lowest BCUT2D eigenvalue weighted by molar-refractivity contribution is 0.618. The summed E-state index contributed by atoms with van der Waals surface area (Å²) < 4.78 is 26.7. The molecule has 0 unspecified atom stereocenters. The molecule has 2 aromatic rings. The van der Waals surface area contributed by atoms with Crippen molar-refractivity contribution in [2.45, 2.75) is 6.92 Å². The molecule has 0 amide bonds. The smallest absolute Gasteiger partial charge is 0.224 e. The Morgan fingerprint density at radius 2 is 1.94 bits per heavy atom. The summed E-state index contributed by atoms with van der Waals surface area (Å²) in [6.07, 6.45) is 1.05. The molecule has 0 radical (unpaired) electrons. The van der Waals surface area contributed by atoms with Crippen LogP contribution in [0, 0.1) is 18.6 Å². The van der Waals surface area contributed by atoms with Crippen molar-refractivity contribution >= 4 is 17.5 Å². The van der Waals surface area contributed by atoms with E-state index in [1.54, 1.807) is 20.0 Å². The van der Waals surface area contributed by atoms with Crippen LogP contribution in [0.1, 0.15) is 5.56 Å². The van der Waals surface area contributed by atoms with Crippen LogP contribution in [0.15, 0.2) is 24.4 Å². The highest BCUT2D eigenvalue weighted by Crippen LogP contribution is 2.20. The quantitative estimate of drug-likeness (QED) is 0.879. The zero-order valence-corrected chi connectivity index (χ0v) is 9.96. The molecule has 1 aromatic carbocycles. The third kappa shape index (κ3) is 2.71. The lowest BCUT2D eigenvalue weighted by Crippen LogP contribution is -2.03. The Labute approximate surface area is 103 Å². The summed E-state index contributed by atoms with van der Waals surface area (Å²) >= 11 is 0. The van der Waals surface area contributed by atoms with Gasteiger partial charge < -0.3 is 10.6 Å². The molecule has 18 heavy (non-hydrogen) atoms. The first-order chi connectivity index (χ1) is 8.58. The molecule has 0 atom stereocenters. The van der Waals surface area contributed by atoms with E-state index >= 15 is 0 Å². The number of halogens is 2. The van der Waals surface area contributed by atoms with Crippen molar-refractivity contribution in [1.29, 1.82) is 0 Å². The van der Waals surface area contributed by atoms with Crippen LogP contribution in [-0.4, -0.2) is 17.0 Å². The maximum atomic E-state index is 13.5. The maximum Gasteiger partial charge on any atom is 0.224 e. The van der Waals surface area contributed by atoms with Gasteiger partial charge in [0.25, 0.3) is 0 Å². The third-order valence-electron chi connectivity index (χ3n) is 2.27. The highest BCUT2D eigenvalue weighted by molar-refractivity contribution is 5.58. The summed E-state index contributed by atoms with van der Waals surface area (Å²) in [6.45, 7) is 1.75. The minimum absolute atomic E-state index is 0.000602. The molecule has 1 heterocycles. The molecule has 0 bridgehead atoms. The molecule has 94 valence electrons. The van der Waals surface area contributed by atoms with Gasteiger partial charge in [-0.25, -0.2) is 13.8 Å². The molecule has 0 aliphatic carbocycles. The molecule has 1 aromatic heterocycles. The van der Waals surface area contributed by atoms with Crippen molar-refractivity contribution in [2.24, 2.45) is 0 Å². The Morgan fingerprint density at radius 3 is 2.61 bits per heavy atom. The maximum absolute atomic E-state index is 13.5. The lowest BCUT2D eigenvalue weighted by Gasteiger charge is -2.08. The lowest BCUT2D eigenvalue weighted by atomic mass is 10.2. The fraction of sp³-hybridized carbons (Fsp3) is 0.167. The molecular weight excluding hydrogens is 238 g/mol. The first-order valence-electron chi connectivity index (χ1n) is 5.33. The minimum Gasteiger partial charge on any atom is -0.357 e. The Morgan fingerprint density at radius 1 is 1.17 bits per heavy atom. The molecule has 0 aliphatic heterocycles. The molecule has 0 spiro atoms. The van der Waals surface area contributed by atoms with Crippen molar-refractivity contribution < 1.29 is 8.78 Å². The Balaban J connectivity index is 2.33. The number of hydrogen-bond acceptors (Lipinski definition) is 4.